The lowest BCUT2D eigenvalue weighted by Gasteiger charge is -2.12. The summed E-state index contributed by atoms with van der Waals surface area (Å²) in [5, 5.41) is 0. The summed E-state index contributed by atoms with van der Waals surface area (Å²) in [6.45, 7) is 0.727. The summed E-state index contributed by atoms with van der Waals surface area (Å²) in [6, 6.07) is 3.50. The fourth-order valence-corrected chi connectivity index (χ4v) is 1.64. The number of halogens is 2. The van der Waals surface area contributed by atoms with Gasteiger partial charge in [0.2, 0.25) is 0 Å². The lowest BCUT2D eigenvalue weighted by atomic mass is 10.0. The maximum atomic E-state index is 13.3. The van der Waals surface area contributed by atoms with Crippen molar-refractivity contribution in [1.82, 2.24) is 0 Å². The Labute approximate surface area is 81.5 Å². The Hall–Kier alpha value is -1.25. The third-order valence-corrected chi connectivity index (χ3v) is 2.36. The van der Waals surface area contributed by atoms with E-state index in [1.807, 2.05) is 0 Å². The van der Waals surface area contributed by atoms with Gasteiger partial charge in [0.05, 0.1) is 0 Å². The van der Waals surface area contributed by atoms with Crippen molar-refractivity contribution < 1.29 is 8.78 Å². The SMILES string of the molecule is Fc1ccc(F)c(C2=NCCCC2)c1. The van der Waals surface area contributed by atoms with Crippen LogP contribution < -0.4 is 0 Å². The normalized spacial score (nSPS) is 16.6. The van der Waals surface area contributed by atoms with Gasteiger partial charge in [-0.15, -0.1) is 0 Å². The first kappa shape index (κ1) is 9.31. The quantitative estimate of drug-likeness (QED) is 0.653. The van der Waals surface area contributed by atoms with E-state index in [1.165, 1.54) is 6.07 Å². The molecule has 74 valence electrons. The molecule has 0 bridgehead atoms. The molecule has 1 aliphatic heterocycles. The van der Waals surface area contributed by atoms with Gasteiger partial charge in [-0.25, -0.2) is 8.78 Å². The van der Waals surface area contributed by atoms with Gasteiger partial charge in [0, 0.05) is 17.8 Å². The zero-order valence-electron chi connectivity index (χ0n) is 7.76. The minimum atomic E-state index is -0.408. The zero-order chi connectivity index (χ0) is 9.97. The van der Waals surface area contributed by atoms with Gasteiger partial charge in [-0.05, 0) is 37.5 Å². The lowest BCUT2D eigenvalue weighted by Crippen LogP contribution is -2.09. The molecule has 1 heterocycles. The minimum absolute atomic E-state index is 0.324. The summed E-state index contributed by atoms with van der Waals surface area (Å²) in [4.78, 5) is 4.21. The lowest BCUT2D eigenvalue weighted by molar-refractivity contribution is 0.596. The number of hydrogen-bond acceptors (Lipinski definition) is 1. The molecular formula is C11H11F2N. The predicted octanol–water partition coefficient (Wildman–Crippen LogP) is 2.94. The Bertz CT molecular complexity index is 372. The van der Waals surface area contributed by atoms with Gasteiger partial charge in [-0.3, -0.25) is 4.99 Å². The Morgan fingerprint density at radius 2 is 2.00 bits per heavy atom. The zero-order valence-corrected chi connectivity index (χ0v) is 7.76. The average Bonchev–Trinajstić information content (AvgIpc) is 2.23. The molecule has 0 saturated heterocycles. The first-order valence-corrected chi connectivity index (χ1v) is 4.76. The van der Waals surface area contributed by atoms with Crippen molar-refractivity contribution in [2.45, 2.75) is 19.3 Å². The highest BCUT2D eigenvalue weighted by Crippen LogP contribution is 2.17. The van der Waals surface area contributed by atoms with Crippen LogP contribution in [-0.4, -0.2) is 12.3 Å². The minimum Gasteiger partial charge on any atom is -0.289 e. The number of rotatable bonds is 1. The second-order valence-electron chi connectivity index (χ2n) is 3.41. The van der Waals surface area contributed by atoms with Crippen molar-refractivity contribution in [3.63, 3.8) is 0 Å². The van der Waals surface area contributed by atoms with Crippen LogP contribution in [0, 0.1) is 11.6 Å². The van der Waals surface area contributed by atoms with Crippen LogP contribution in [0.2, 0.25) is 0 Å². The summed E-state index contributed by atoms with van der Waals surface area (Å²) < 4.78 is 26.2. The summed E-state index contributed by atoms with van der Waals surface area (Å²) >= 11 is 0. The number of hydrogen-bond donors (Lipinski definition) is 0. The largest absolute Gasteiger partial charge is 0.289 e. The Morgan fingerprint density at radius 1 is 1.14 bits per heavy atom. The topological polar surface area (TPSA) is 12.4 Å². The number of nitrogens with zero attached hydrogens (tertiary/aromatic N) is 1. The van der Waals surface area contributed by atoms with Crippen molar-refractivity contribution in [2.24, 2.45) is 4.99 Å². The van der Waals surface area contributed by atoms with Gasteiger partial charge >= 0.3 is 0 Å². The van der Waals surface area contributed by atoms with Crippen LogP contribution in [0.3, 0.4) is 0 Å². The second-order valence-corrected chi connectivity index (χ2v) is 3.41. The van der Waals surface area contributed by atoms with Gasteiger partial charge < -0.3 is 0 Å². The van der Waals surface area contributed by atoms with Crippen LogP contribution in [0.1, 0.15) is 24.8 Å². The first-order valence-electron chi connectivity index (χ1n) is 4.76. The molecule has 3 heteroatoms. The smallest absolute Gasteiger partial charge is 0.132 e. The van der Waals surface area contributed by atoms with E-state index in [2.05, 4.69) is 4.99 Å². The van der Waals surface area contributed by atoms with E-state index in [-0.39, 0.29) is 5.82 Å². The van der Waals surface area contributed by atoms with Crippen molar-refractivity contribution in [2.75, 3.05) is 6.54 Å². The van der Waals surface area contributed by atoms with Crippen molar-refractivity contribution in [3.8, 4) is 0 Å². The van der Waals surface area contributed by atoms with E-state index in [4.69, 9.17) is 0 Å². The number of aliphatic imine (C=N–C) groups is 1. The van der Waals surface area contributed by atoms with Crippen molar-refractivity contribution >= 4 is 5.71 Å². The van der Waals surface area contributed by atoms with Crippen LogP contribution in [0.25, 0.3) is 0 Å². The second kappa shape index (κ2) is 3.86. The molecule has 14 heavy (non-hydrogen) atoms. The average molecular weight is 195 g/mol. The molecule has 1 aromatic carbocycles. The molecule has 0 aromatic heterocycles. The fourth-order valence-electron chi connectivity index (χ4n) is 1.64. The fraction of sp³-hybridized carbons (Fsp3) is 0.364. The van der Waals surface area contributed by atoms with Crippen LogP contribution in [0.4, 0.5) is 8.78 Å². The molecule has 1 aromatic rings. The van der Waals surface area contributed by atoms with E-state index in [9.17, 15) is 8.78 Å². The summed E-state index contributed by atoms with van der Waals surface area (Å²) in [6.07, 6.45) is 2.80. The van der Waals surface area contributed by atoms with Crippen LogP contribution >= 0.6 is 0 Å². The van der Waals surface area contributed by atoms with Crippen molar-refractivity contribution in [3.05, 3.63) is 35.4 Å². The number of benzene rings is 1. The van der Waals surface area contributed by atoms with E-state index in [0.29, 0.717) is 11.3 Å². The molecular weight excluding hydrogens is 184 g/mol. The summed E-state index contributed by atoms with van der Waals surface area (Å²) in [7, 11) is 0. The highest BCUT2D eigenvalue weighted by Gasteiger charge is 2.12. The molecule has 0 atom stereocenters. The highest BCUT2D eigenvalue weighted by molar-refractivity contribution is 6.01. The molecule has 1 aliphatic rings. The van der Waals surface area contributed by atoms with E-state index in [1.54, 1.807) is 0 Å². The summed E-state index contributed by atoms with van der Waals surface area (Å²) in [5.41, 5.74) is 1.03. The van der Waals surface area contributed by atoms with Crippen LogP contribution in [0.5, 0.6) is 0 Å². The molecule has 0 spiro atoms. The Balaban J connectivity index is 2.39. The van der Waals surface area contributed by atoms with E-state index in [0.717, 1.165) is 37.9 Å². The molecule has 2 rings (SSSR count). The molecule has 0 saturated carbocycles. The molecule has 0 fully saturated rings. The van der Waals surface area contributed by atoms with Gasteiger partial charge in [-0.2, -0.15) is 0 Å². The van der Waals surface area contributed by atoms with Gasteiger partial charge in [-0.1, -0.05) is 0 Å². The molecule has 0 unspecified atom stereocenters. The third-order valence-electron chi connectivity index (χ3n) is 2.36. The first-order chi connectivity index (χ1) is 6.77. The molecule has 0 amide bonds. The molecule has 1 nitrogen and oxygen atoms in total. The van der Waals surface area contributed by atoms with Crippen molar-refractivity contribution in [1.29, 1.82) is 0 Å². The molecule has 0 radical (unpaired) electrons. The van der Waals surface area contributed by atoms with Gasteiger partial charge in [0.15, 0.2) is 0 Å². The molecule has 0 aliphatic carbocycles. The Kier molecular flexibility index (Phi) is 2.57. The van der Waals surface area contributed by atoms with E-state index < -0.39 is 5.82 Å². The summed E-state index contributed by atoms with van der Waals surface area (Å²) in [5.74, 6) is -0.790. The van der Waals surface area contributed by atoms with E-state index >= 15 is 0 Å². The standard InChI is InChI=1S/C11H11F2N/c12-8-4-5-10(13)9(7-8)11-3-1-2-6-14-11/h4-5,7H,1-3,6H2. The Morgan fingerprint density at radius 3 is 2.71 bits per heavy atom. The highest BCUT2D eigenvalue weighted by atomic mass is 19.1. The maximum absolute atomic E-state index is 13.3. The predicted molar refractivity (Wildman–Crippen MR) is 51.6 cm³/mol. The maximum Gasteiger partial charge on any atom is 0.132 e. The van der Waals surface area contributed by atoms with Crippen LogP contribution in [0.15, 0.2) is 23.2 Å². The monoisotopic (exact) mass is 195 g/mol. The third kappa shape index (κ3) is 1.81. The molecule has 0 N–H and O–H groups in total. The van der Waals surface area contributed by atoms with Crippen LogP contribution in [-0.2, 0) is 0 Å². The van der Waals surface area contributed by atoms with Gasteiger partial charge in [0.1, 0.15) is 11.6 Å². The van der Waals surface area contributed by atoms with Gasteiger partial charge in [0.25, 0.3) is 0 Å².